The molecular weight excluding hydrogens is 340 g/mol. The van der Waals surface area contributed by atoms with Gasteiger partial charge in [-0.05, 0) is 43.7 Å². The van der Waals surface area contributed by atoms with Crippen molar-refractivity contribution in [2.45, 2.75) is 39.5 Å². The minimum atomic E-state index is 0.142. The number of benzene rings is 2. The van der Waals surface area contributed by atoms with E-state index in [0.717, 1.165) is 52.4 Å². The largest absolute Gasteiger partial charge is 0.497 e. The molecule has 2 N–H and O–H groups in total. The summed E-state index contributed by atoms with van der Waals surface area (Å²) in [5, 5.41) is 4.64. The van der Waals surface area contributed by atoms with Crippen LogP contribution in [-0.4, -0.2) is 25.3 Å². The van der Waals surface area contributed by atoms with Crippen LogP contribution in [0.15, 0.2) is 42.5 Å². The smallest absolute Gasteiger partial charge is 0.166 e. The molecule has 0 spiro atoms. The van der Waals surface area contributed by atoms with Crippen LogP contribution in [0.3, 0.4) is 0 Å². The van der Waals surface area contributed by atoms with Gasteiger partial charge in [-0.25, -0.2) is 0 Å². The van der Waals surface area contributed by atoms with Gasteiger partial charge >= 0.3 is 0 Å². The lowest BCUT2D eigenvalue weighted by molar-refractivity contribution is 0.205. The molecule has 3 aromatic rings. The third-order valence-corrected chi connectivity index (χ3v) is 4.69. The summed E-state index contributed by atoms with van der Waals surface area (Å²) < 4.78 is 16.9. The SMILES string of the molecule is CC[C@H](C)Oc1c(CNCc2cc3cc(OC)ccc3[nH]2)cccc1OC. The van der Waals surface area contributed by atoms with Gasteiger partial charge in [0.15, 0.2) is 11.5 Å². The number of ether oxygens (including phenoxy) is 3. The molecule has 0 unspecified atom stereocenters. The Morgan fingerprint density at radius 3 is 2.63 bits per heavy atom. The highest BCUT2D eigenvalue weighted by Gasteiger charge is 2.13. The van der Waals surface area contributed by atoms with Gasteiger partial charge < -0.3 is 24.5 Å². The Labute approximate surface area is 160 Å². The summed E-state index contributed by atoms with van der Waals surface area (Å²) in [6.07, 6.45) is 1.09. The van der Waals surface area contributed by atoms with E-state index in [1.54, 1.807) is 14.2 Å². The number of hydrogen-bond donors (Lipinski definition) is 2. The molecule has 0 radical (unpaired) electrons. The molecule has 1 aromatic heterocycles. The second kappa shape index (κ2) is 8.82. The molecule has 5 nitrogen and oxygen atoms in total. The zero-order valence-electron chi connectivity index (χ0n) is 16.5. The van der Waals surface area contributed by atoms with E-state index in [9.17, 15) is 0 Å². The van der Waals surface area contributed by atoms with Crippen LogP contribution in [0.1, 0.15) is 31.5 Å². The number of hydrogen-bond acceptors (Lipinski definition) is 4. The van der Waals surface area contributed by atoms with E-state index >= 15 is 0 Å². The van der Waals surface area contributed by atoms with Gasteiger partial charge in [0.05, 0.1) is 20.3 Å². The van der Waals surface area contributed by atoms with E-state index in [1.807, 2.05) is 30.3 Å². The number of aromatic amines is 1. The summed E-state index contributed by atoms with van der Waals surface area (Å²) in [6.45, 7) is 5.62. The highest BCUT2D eigenvalue weighted by Crippen LogP contribution is 2.32. The molecule has 2 aromatic carbocycles. The second-order valence-electron chi connectivity index (χ2n) is 6.64. The first kappa shape index (κ1) is 19.1. The zero-order chi connectivity index (χ0) is 19.2. The molecule has 0 saturated carbocycles. The van der Waals surface area contributed by atoms with Gasteiger partial charge in [0, 0.05) is 35.2 Å². The first-order valence-electron chi connectivity index (χ1n) is 9.33. The van der Waals surface area contributed by atoms with E-state index in [1.165, 1.54) is 0 Å². The number of fused-ring (bicyclic) bond motifs is 1. The molecule has 27 heavy (non-hydrogen) atoms. The summed E-state index contributed by atoms with van der Waals surface area (Å²) in [7, 11) is 3.36. The first-order chi connectivity index (χ1) is 13.1. The van der Waals surface area contributed by atoms with Crippen molar-refractivity contribution in [2.24, 2.45) is 0 Å². The summed E-state index contributed by atoms with van der Waals surface area (Å²) in [6, 6.07) is 14.2. The number of methoxy groups -OCH3 is 2. The van der Waals surface area contributed by atoms with E-state index in [2.05, 4.69) is 36.3 Å². The van der Waals surface area contributed by atoms with Gasteiger partial charge in [-0.3, -0.25) is 0 Å². The molecule has 0 amide bonds. The monoisotopic (exact) mass is 368 g/mol. The average Bonchev–Trinajstić information content (AvgIpc) is 3.10. The van der Waals surface area contributed by atoms with Gasteiger partial charge in [-0.15, -0.1) is 0 Å². The highest BCUT2D eigenvalue weighted by molar-refractivity contribution is 5.81. The molecule has 5 heteroatoms. The van der Waals surface area contributed by atoms with Crippen molar-refractivity contribution in [1.82, 2.24) is 10.3 Å². The fourth-order valence-electron chi connectivity index (χ4n) is 3.00. The van der Waals surface area contributed by atoms with Crippen LogP contribution in [0.2, 0.25) is 0 Å². The molecule has 0 aliphatic heterocycles. The van der Waals surface area contributed by atoms with Crippen LogP contribution < -0.4 is 19.5 Å². The summed E-state index contributed by atoms with van der Waals surface area (Å²) >= 11 is 0. The van der Waals surface area contributed by atoms with Crippen molar-refractivity contribution in [3.8, 4) is 17.2 Å². The predicted molar refractivity (Wildman–Crippen MR) is 109 cm³/mol. The standard InChI is InChI=1S/C22H28N2O3/c1-5-15(2)27-22-16(7-6-8-21(22)26-4)13-23-14-18-11-17-12-19(25-3)9-10-20(17)24-18/h6-12,15,23-24H,5,13-14H2,1-4H3/t15-/m0/s1. The zero-order valence-corrected chi connectivity index (χ0v) is 16.5. The lowest BCUT2D eigenvalue weighted by atomic mass is 10.1. The third-order valence-electron chi connectivity index (χ3n) is 4.69. The van der Waals surface area contributed by atoms with Crippen LogP contribution in [-0.2, 0) is 13.1 Å². The third kappa shape index (κ3) is 4.55. The molecule has 0 fully saturated rings. The maximum Gasteiger partial charge on any atom is 0.166 e. The number of H-pyrrole nitrogens is 1. The van der Waals surface area contributed by atoms with Gasteiger partial charge in [0.25, 0.3) is 0 Å². The Balaban J connectivity index is 1.69. The van der Waals surface area contributed by atoms with Crippen LogP contribution in [0.5, 0.6) is 17.2 Å². The number of aromatic nitrogens is 1. The van der Waals surface area contributed by atoms with E-state index in [-0.39, 0.29) is 6.10 Å². The van der Waals surface area contributed by atoms with Crippen molar-refractivity contribution in [2.75, 3.05) is 14.2 Å². The first-order valence-corrected chi connectivity index (χ1v) is 9.33. The normalized spacial score (nSPS) is 12.1. The van der Waals surface area contributed by atoms with E-state index < -0.39 is 0 Å². The van der Waals surface area contributed by atoms with E-state index in [0.29, 0.717) is 6.54 Å². The Bertz CT molecular complexity index is 888. The van der Waals surface area contributed by atoms with Crippen molar-refractivity contribution in [3.05, 3.63) is 53.7 Å². The van der Waals surface area contributed by atoms with Crippen molar-refractivity contribution >= 4 is 10.9 Å². The molecular formula is C22H28N2O3. The molecule has 0 bridgehead atoms. The molecule has 0 aliphatic rings. The van der Waals surface area contributed by atoms with Crippen molar-refractivity contribution in [3.63, 3.8) is 0 Å². The summed E-state index contributed by atoms with van der Waals surface area (Å²) in [4.78, 5) is 3.44. The van der Waals surface area contributed by atoms with Crippen molar-refractivity contribution < 1.29 is 14.2 Å². The second-order valence-corrected chi connectivity index (χ2v) is 6.64. The van der Waals surface area contributed by atoms with Crippen LogP contribution >= 0.6 is 0 Å². The molecule has 144 valence electrons. The minimum absolute atomic E-state index is 0.142. The number of nitrogens with one attached hydrogen (secondary N) is 2. The molecule has 1 atom stereocenters. The highest BCUT2D eigenvalue weighted by atomic mass is 16.5. The predicted octanol–water partition coefficient (Wildman–Crippen LogP) is 4.65. The maximum atomic E-state index is 6.11. The lowest BCUT2D eigenvalue weighted by Gasteiger charge is -2.19. The maximum absolute atomic E-state index is 6.11. The average molecular weight is 368 g/mol. The van der Waals surface area contributed by atoms with Gasteiger partial charge in [-0.1, -0.05) is 19.1 Å². The summed E-state index contributed by atoms with van der Waals surface area (Å²) in [5.74, 6) is 2.46. The molecule has 3 rings (SSSR count). The molecule has 0 saturated heterocycles. The Morgan fingerprint density at radius 1 is 1.04 bits per heavy atom. The number of rotatable bonds is 9. The van der Waals surface area contributed by atoms with Crippen molar-refractivity contribution in [1.29, 1.82) is 0 Å². The van der Waals surface area contributed by atoms with E-state index in [4.69, 9.17) is 14.2 Å². The number of para-hydroxylation sites is 1. The fraction of sp³-hybridized carbons (Fsp3) is 0.364. The van der Waals surface area contributed by atoms with Gasteiger partial charge in [0.2, 0.25) is 0 Å². The lowest BCUT2D eigenvalue weighted by Crippen LogP contribution is -2.16. The topological polar surface area (TPSA) is 55.5 Å². The van der Waals surface area contributed by atoms with Crippen LogP contribution in [0.4, 0.5) is 0 Å². The summed E-state index contributed by atoms with van der Waals surface area (Å²) in [5.41, 5.74) is 3.33. The van der Waals surface area contributed by atoms with Crippen LogP contribution in [0.25, 0.3) is 10.9 Å². The van der Waals surface area contributed by atoms with Gasteiger partial charge in [-0.2, -0.15) is 0 Å². The van der Waals surface area contributed by atoms with Crippen LogP contribution in [0, 0.1) is 0 Å². The van der Waals surface area contributed by atoms with Gasteiger partial charge in [0.1, 0.15) is 5.75 Å². The Hall–Kier alpha value is -2.66. The minimum Gasteiger partial charge on any atom is -0.497 e. The molecule has 1 heterocycles. The molecule has 0 aliphatic carbocycles. The Morgan fingerprint density at radius 2 is 1.89 bits per heavy atom. The fourth-order valence-corrected chi connectivity index (χ4v) is 3.00. The Kier molecular flexibility index (Phi) is 6.24. The quantitative estimate of drug-likeness (QED) is 0.577.